The Bertz CT molecular complexity index is 1380. The van der Waals surface area contributed by atoms with Gasteiger partial charge in [0.15, 0.2) is 16.7 Å². The van der Waals surface area contributed by atoms with Gasteiger partial charge in [-0.3, -0.25) is 14.2 Å². The first-order valence-electron chi connectivity index (χ1n) is 10.5. The van der Waals surface area contributed by atoms with Crippen LogP contribution < -0.4 is 25.1 Å². The molecule has 1 N–H and O–H groups in total. The molecule has 2 aromatic heterocycles. The molecule has 0 bridgehead atoms. The number of ether oxygens (including phenoxy) is 3. The second kappa shape index (κ2) is 9.52. The van der Waals surface area contributed by atoms with E-state index in [-0.39, 0.29) is 30.6 Å². The van der Waals surface area contributed by atoms with E-state index in [1.54, 1.807) is 37.6 Å². The van der Waals surface area contributed by atoms with Crippen LogP contribution in [0, 0.1) is 0 Å². The SMILES string of the molecule is COc1ccc(CNC(=O)CSc2nc3cc4c(cc3c(=O)n2Cc2ccco2)OCO4)cc1. The average molecular weight is 480 g/mol. The van der Waals surface area contributed by atoms with Crippen molar-refractivity contribution in [3.8, 4) is 17.2 Å². The highest BCUT2D eigenvalue weighted by Gasteiger charge is 2.20. The van der Waals surface area contributed by atoms with Crippen LogP contribution >= 0.6 is 11.8 Å². The van der Waals surface area contributed by atoms with Crippen molar-refractivity contribution in [2.24, 2.45) is 0 Å². The van der Waals surface area contributed by atoms with Gasteiger partial charge in [0.2, 0.25) is 12.7 Å². The van der Waals surface area contributed by atoms with Crippen LogP contribution in [0.15, 0.2) is 69.2 Å². The lowest BCUT2D eigenvalue weighted by molar-refractivity contribution is -0.118. The van der Waals surface area contributed by atoms with E-state index in [4.69, 9.17) is 18.6 Å². The van der Waals surface area contributed by atoms with Gasteiger partial charge in [0, 0.05) is 12.6 Å². The van der Waals surface area contributed by atoms with Gasteiger partial charge in [0.05, 0.1) is 36.6 Å². The van der Waals surface area contributed by atoms with Crippen LogP contribution in [0.4, 0.5) is 0 Å². The van der Waals surface area contributed by atoms with Gasteiger partial charge in [-0.25, -0.2) is 4.98 Å². The molecule has 0 unspecified atom stereocenters. The highest BCUT2D eigenvalue weighted by Crippen LogP contribution is 2.35. The maximum atomic E-state index is 13.3. The molecule has 1 amide bonds. The first-order valence-corrected chi connectivity index (χ1v) is 11.5. The number of nitrogens with zero attached hydrogens (tertiary/aromatic N) is 2. The quantitative estimate of drug-likeness (QED) is 0.304. The van der Waals surface area contributed by atoms with E-state index in [1.165, 1.54) is 16.3 Å². The second-order valence-corrected chi connectivity index (χ2v) is 8.44. The number of thioether (sulfide) groups is 1. The van der Waals surface area contributed by atoms with Crippen molar-refractivity contribution in [1.82, 2.24) is 14.9 Å². The number of carbonyl (C=O) groups excluding carboxylic acids is 1. The number of rotatable bonds is 8. The third-order valence-electron chi connectivity index (χ3n) is 5.29. The highest BCUT2D eigenvalue weighted by molar-refractivity contribution is 7.99. The number of nitrogens with one attached hydrogen (secondary N) is 1. The Balaban J connectivity index is 1.36. The summed E-state index contributed by atoms with van der Waals surface area (Å²) in [6.07, 6.45) is 1.55. The van der Waals surface area contributed by atoms with Crippen molar-refractivity contribution in [2.75, 3.05) is 19.7 Å². The number of hydrogen-bond donors (Lipinski definition) is 1. The third kappa shape index (κ3) is 4.58. The summed E-state index contributed by atoms with van der Waals surface area (Å²) in [5, 5.41) is 3.70. The monoisotopic (exact) mass is 479 g/mol. The highest BCUT2D eigenvalue weighted by atomic mass is 32.2. The zero-order valence-electron chi connectivity index (χ0n) is 18.3. The number of furan rings is 1. The van der Waals surface area contributed by atoms with Crippen molar-refractivity contribution in [1.29, 1.82) is 0 Å². The number of hydrogen-bond acceptors (Lipinski definition) is 8. The Morgan fingerprint density at radius 2 is 1.97 bits per heavy atom. The third-order valence-corrected chi connectivity index (χ3v) is 6.27. The fourth-order valence-corrected chi connectivity index (χ4v) is 4.35. The molecule has 2 aromatic carbocycles. The van der Waals surface area contributed by atoms with Crippen LogP contribution in [0.5, 0.6) is 17.2 Å². The van der Waals surface area contributed by atoms with E-state index in [1.807, 2.05) is 24.3 Å². The predicted octanol–water partition coefficient (Wildman–Crippen LogP) is 3.18. The van der Waals surface area contributed by atoms with E-state index in [0.29, 0.717) is 39.9 Å². The minimum absolute atomic E-state index is 0.0941. The molecule has 0 radical (unpaired) electrons. The Morgan fingerprint density at radius 1 is 1.18 bits per heavy atom. The zero-order valence-corrected chi connectivity index (χ0v) is 19.1. The topological polar surface area (TPSA) is 105 Å². The lowest BCUT2D eigenvalue weighted by Gasteiger charge is -2.13. The van der Waals surface area contributed by atoms with Gasteiger partial charge in [-0.1, -0.05) is 23.9 Å². The normalized spacial score (nSPS) is 12.1. The number of benzene rings is 2. The van der Waals surface area contributed by atoms with E-state index >= 15 is 0 Å². The molecule has 0 saturated heterocycles. The van der Waals surface area contributed by atoms with E-state index in [2.05, 4.69) is 10.3 Å². The number of aromatic nitrogens is 2. The number of fused-ring (bicyclic) bond motifs is 2. The van der Waals surface area contributed by atoms with E-state index in [9.17, 15) is 9.59 Å². The maximum Gasteiger partial charge on any atom is 0.262 e. The largest absolute Gasteiger partial charge is 0.497 e. The van der Waals surface area contributed by atoms with Crippen LogP contribution in [-0.4, -0.2) is 35.1 Å². The molecule has 0 spiro atoms. The molecule has 3 heterocycles. The molecular weight excluding hydrogens is 458 g/mol. The summed E-state index contributed by atoms with van der Waals surface area (Å²) in [7, 11) is 1.61. The summed E-state index contributed by atoms with van der Waals surface area (Å²) in [4.78, 5) is 30.5. The van der Waals surface area contributed by atoms with Crippen molar-refractivity contribution < 1.29 is 23.4 Å². The molecule has 34 heavy (non-hydrogen) atoms. The molecule has 0 atom stereocenters. The lowest BCUT2D eigenvalue weighted by atomic mass is 10.2. The fraction of sp³-hybridized carbons (Fsp3) is 0.208. The lowest BCUT2D eigenvalue weighted by Crippen LogP contribution is -2.27. The maximum absolute atomic E-state index is 13.3. The molecule has 0 aliphatic carbocycles. The number of amides is 1. The van der Waals surface area contributed by atoms with Crippen LogP contribution in [0.1, 0.15) is 11.3 Å². The standard InChI is InChI=1S/C24H21N3O6S/c1-30-16-6-4-15(5-7-16)11-25-22(28)13-34-24-26-19-10-21-20(32-14-33-21)9-18(19)23(29)27(24)12-17-3-2-8-31-17/h2-10H,11-14H2,1H3,(H,25,28). The first-order chi connectivity index (χ1) is 16.6. The fourth-order valence-electron chi connectivity index (χ4n) is 3.52. The molecule has 174 valence electrons. The van der Waals surface area contributed by atoms with E-state index in [0.717, 1.165) is 11.3 Å². The molecule has 0 saturated carbocycles. The van der Waals surface area contributed by atoms with Gasteiger partial charge in [0.1, 0.15) is 11.5 Å². The summed E-state index contributed by atoms with van der Waals surface area (Å²) in [6.45, 7) is 0.679. The molecular formula is C24H21N3O6S. The van der Waals surface area contributed by atoms with Crippen molar-refractivity contribution in [3.63, 3.8) is 0 Å². The molecule has 0 fully saturated rings. The Labute approximate surface area is 198 Å². The summed E-state index contributed by atoms with van der Waals surface area (Å²) in [5.74, 6) is 2.33. The van der Waals surface area contributed by atoms with Crippen LogP contribution in [0.25, 0.3) is 10.9 Å². The van der Waals surface area contributed by atoms with Gasteiger partial charge in [-0.2, -0.15) is 0 Å². The summed E-state index contributed by atoms with van der Waals surface area (Å²) < 4.78 is 22.9. The molecule has 4 aromatic rings. The van der Waals surface area contributed by atoms with Crippen molar-refractivity contribution in [2.45, 2.75) is 18.2 Å². The van der Waals surface area contributed by atoms with Gasteiger partial charge in [-0.15, -0.1) is 0 Å². The van der Waals surface area contributed by atoms with Gasteiger partial charge < -0.3 is 23.9 Å². The second-order valence-electron chi connectivity index (χ2n) is 7.50. The summed E-state index contributed by atoms with van der Waals surface area (Å²) >= 11 is 1.19. The van der Waals surface area contributed by atoms with Crippen molar-refractivity contribution in [3.05, 3.63) is 76.5 Å². The molecule has 5 rings (SSSR count). The van der Waals surface area contributed by atoms with Crippen molar-refractivity contribution >= 4 is 28.6 Å². The minimum atomic E-state index is -0.249. The average Bonchev–Trinajstić information content (AvgIpc) is 3.54. The zero-order chi connectivity index (χ0) is 23.5. The molecule has 1 aliphatic heterocycles. The molecule has 1 aliphatic rings. The Morgan fingerprint density at radius 3 is 2.71 bits per heavy atom. The van der Waals surface area contributed by atoms with Gasteiger partial charge in [-0.05, 0) is 35.9 Å². The van der Waals surface area contributed by atoms with Crippen LogP contribution in [0.2, 0.25) is 0 Å². The van der Waals surface area contributed by atoms with E-state index < -0.39 is 0 Å². The smallest absolute Gasteiger partial charge is 0.262 e. The Kier molecular flexibility index (Phi) is 6.13. The minimum Gasteiger partial charge on any atom is -0.497 e. The number of methoxy groups -OCH3 is 1. The van der Waals surface area contributed by atoms with Crippen LogP contribution in [-0.2, 0) is 17.9 Å². The van der Waals surface area contributed by atoms with Gasteiger partial charge in [0.25, 0.3) is 5.56 Å². The van der Waals surface area contributed by atoms with Crippen LogP contribution in [0.3, 0.4) is 0 Å². The van der Waals surface area contributed by atoms with Gasteiger partial charge >= 0.3 is 0 Å². The molecule has 9 nitrogen and oxygen atoms in total. The molecule has 10 heteroatoms. The summed E-state index contributed by atoms with van der Waals surface area (Å²) in [6, 6.07) is 14.3. The first kappa shape index (κ1) is 21.9. The Hall–Kier alpha value is -3.92. The summed E-state index contributed by atoms with van der Waals surface area (Å²) in [5.41, 5.74) is 1.18. The predicted molar refractivity (Wildman–Crippen MR) is 126 cm³/mol. The number of carbonyl (C=O) groups is 1.